The summed E-state index contributed by atoms with van der Waals surface area (Å²) in [5, 5.41) is 2.67. The van der Waals surface area contributed by atoms with Crippen molar-refractivity contribution in [2.75, 3.05) is 36.0 Å². The van der Waals surface area contributed by atoms with Gasteiger partial charge >= 0.3 is 0 Å². The molecular formula is C48H56N3O13S4+. The third-order valence-electron chi connectivity index (χ3n) is 12.6. The van der Waals surface area contributed by atoms with Crippen LogP contribution in [0.1, 0.15) is 88.5 Å². The molecule has 0 aromatic heterocycles. The van der Waals surface area contributed by atoms with Crippen LogP contribution in [-0.4, -0.2) is 99.2 Å². The van der Waals surface area contributed by atoms with Crippen molar-refractivity contribution in [3.05, 3.63) is 124 Å². The van der Waals surface area contributed by atoms with Crippen LogP contribution in [0.25, 0.3) is 5.57 Å². The van der Waals surface area contributed by atoms with Gasteiger partial charge in [0.2, 0.25) is 11.6 Å². The van der Waals surface area contributed by atoms with E-state index in [1.807, 2.05) is 85.7 Å². The molecule has 0 fully saturated rings. The zero-order chi connectivity index (χ0) is 50.0. The third-order valence-corrected chi connectivity index (χ3v) is 15.9. The predicted octanol–water partition coefficient (Wildman–Crippen LogP) is 6.60. The Hall–Kier alpha value is -5.24. The molecule has 16 nitrogen and oxygen atoms in total. The van der Waals surface area contributed by atoms with Crippen LogP contribution < -0.4 is 10.2 Å². The van der Waals surface area contributed by atoms with Gasteiger partial charge in [0, 0.05) is 53.9 Å². The lowest BCUT2D eigenvalue weighted by Crippen LogP contribution is -2.28. The summed E-state index contributed by atoms with van der Waals surface area (Å²) in [5.41, 5.74) is 6.58. The van der Waals surface area contributed by atoms with Crippen LogP contribution >= 0.6 is 0 Å². The Morgan fingerprint density at radius 2 is 1.40 bits per heavy atom. The molecule has 0 saturated carbocycles. The van der Waals surface area contributed by atoms with Gasteiger partial charge in [-0.2, -0.15) is 38.2 Å². The summed E-state index contributed by atoms with van der Waals surface area (Å²) in [5.74, 6) is 1.19. The van der Waals surface area contributed by atoms with Crippen LogP contribution in [0.15, 0.2) is 112 Å². The van der Waals surface area contributed by atoms with Gasteiger partial charge in [0.05, 0.1) is 33.3 Å². The van der Waals surface area contributed by atoms with Gasteiger partial charge in [0.1, 0.15) is 6.54 Å². The van der Waals surface area contributed by atoms with Crippen LogP contribution in [0.4, 0.5) is 11.4 Å². The highest BCUT2D eigenvalue weighted by atomic mass is 32.2. The Labute approximate surface area is 399 Å². The van der Waals surface area contributed by atoms with Gasteiger partial charge in [0.15, 0.2) is 5.71 Å². The molecule has 0 bridgehead atoms. The number of anilines is 1. The van der Waals surface area contributed by atoms with E-state index in [0.717, 1.165) is 34.3 Å². The normalized spacial score (nSPS) is 18.4. The predicted molar refractivity (Wildman–Crippen MR) is 260 cm³/mol. The molecule has 3 aromatic rings. The van der Waals surface area contributed by atoms with E-state index in [-0.39, 0.29) is 54.6 Å². The molecule has 68 heavy (non-hydrogen) atoms. The number of allylic oxidation sites excluding steroid dienone is 8. The van der Waals surface area contributed by atoms with Crippen LogP contribution in [0, 0.1) is 12.3 Å². The Kier molecular flexibility index (Phi) is 15.3. The zero-order valence-corrected chi connectivity index (χ0v) is 41.4. The number of hydrogen-bond donors (Lipinski definition) is 5. The molecule has 1 amide bonds. The number of benzene rings is 3. The molecule has 5 N–H and O–H groups in total. The first-order valence-electron chi connectivity index (χ1n) is 21.8. The molecule has 0 atom stereocenters. The number of hydrogen-bond acceptors (Lipinski definition) is 10. The number of aryl methyl sites for hydroxylation is 1. The number of nitrogens with one attached hydrogen (secondary N) is 1. The van der Waals surface area contributed by atoms with Crippen LogP contribution in [0.5, 0.6) is 0 Å². The van der Waals surface area contributed by atoms with Crippen molar-refractivity contribution in [3.63, 3.8) is 0 Å². The monoisotopic (exact) mass is 1010 g/mol. The van der Waals surface area contributed by atoms with Crippen LogP contribution in [0.2, 0.25) is 0 Å². The van der Waals surface area contributed by atoms with Crippen molar-refractivity contribution in [2.45, 2.75) is 93.3 Å². The van der Waals surface area contributed by atoms with E-state index in [4.69, 9.17) is 6.42 Å². The fourth-order valence-corrected chi connectivity index (χ4v) is 11.2. The summed E-state index contributed by atoms with van der Waals surface area (Å²) < 4.78 is 137. The summed E-state index contributed by atoms with van der Waals surface area (Å²) in [6.45, 7) is 8.00. The molecule has 364 valence electrons. The average Bonchev–Trinajstić information content (AvgIpc) is 3.59. The van der Waals surface area contributed by atoms with E-state index in [1.165, 1.54) is 24.3 Å². The summed E-state index contributed by atoms with van der Waals surface area (Å²) in [4.78, 5) is 13.6. The van der Waals surface area contributed by atoms with E-state index in [2.05, 4.69) is 11.2 Å². The van der Waals surface area contributed by atoms with Crippen LogP contribution in [0.3, 0.4) is 0 Å². The minimum Gasteiger partial charge on any atom is -0.345 e. The first-order chi connectivity index (χ1) is 31.6. The fourth-order valence-electron chi connectivity index (χ4n) is 9.24. The Morgan fingerprint density at radius 1 is 0.779 bits per heavy atom. The maximum absolute atomic E-state index is 12.3. The molecule has 0 saturated heterocycles. The van der Waals surface area contributed by atoms with Gasteiger partial charge in [-0.15, -0.1) is 6.42 Å². The fraction of sp³-hybridized carbons (Fsp3) is 0.375. The number of terminal acetylenes is 1. The third kappa shape index (κ3) is 12.1. The molecular weight excluding hydrogens is 955 g/mol. The van der Waals surface area contributed by atoms with Gasteiger partial charge < -0.3 is 10.2 Å². The average molecular weight is 1010 g/mol. The van der Waals surface area contributed by atoms with E-state index < -0.39 is 62.8 Å². The minimum absolute atomic E-state index is 0.0450. The smallest absolute Gasteiger partial charge is 0.294 e. The number of carbonyl (C=O) groups is 1. The maximum Gasteiger partial charge on any atom is 0.294 e. The molecule has 0 unspecified atom stereocenters. The molecule has 0 spiro atoms. The van der Waals surface area contributed by atoms with Crippen molar-refractivity contribution in [1.29, 1.82) is 0 Å². The first-order valence-corrected chi connectivity index (χ1v) is 27.9. The topological polar surface area (TPSA) is 253 Å². The molecule has 3 aliphatic rings. The van der Waals surface area contributed by atoms with Crippen molar-refractivity contribution < 1.29 is 61.3 Å². The number of amides is 1. The van der Waals surface area contributed by atoms with Gasteiger partial charge in [-0.3, -0.25) is 23.0 Å². The summed E-state index contributed by atoms with van der Waals surface area (Å²) in [6, 6.07) is 16.3. The second-order valence-corrected chi connectivity index (χ2v) is 24.0. The number of fused-ring (bicyclic) bond motifs is 2. The summed E-state index contributed by atoms with van der Waals surface area (Å²) in [6.07, 6.45) is 15.8. The second-order valence-electron chi connectivity index (χ2n) is 18.0. The Bertz CT molecular complexity index is 3180. The van der Waals surface area contributed by atoms with E-state index in [9.17, 15) is 56.7 Å². The highest BCUT2D eigenvalue weighted by Crippen LogP contribution is 2.49. The van der Waals surface area contributed by atoms with Gasteiger partial charge in [0.25, 0.3) is 40.5 Å². The van der Waals surface area contributed by atoms with Crippen molar-refractivity contribution >= 4 is 69.0 Å². The lowest BCUT2D eigenvalue weighted by Gasteiger charge is -2.27. The lowest BCUT2D eigenvalue weighted by molar-refractivity contribution is -0.437. The first kappa shape index (κ1) is 52.1. The Morgan fingerprint density at radius 3 is 2.01 bits per heavy atom. The summed E-state index contributed by atoms with van der Waals surface area (Å²) >= 11 is 0. The van der Waals surface area contributed by atoms with E-state index in [0.29, 0.717) is 53.2 Å². The molecule has 6 rings (SSSR count). The van der Waals surface area contributed by atoms with E-state index >= 15 is 0 Å². The summed E-state index contributed by atoms with van der Waals surface area (Å²) in [7, 11) is -17.7. The van der Waals surface area contributed by atoms with Gasteiger partial charge in [-0.05, 0) is 116 Å². The van der Waals surface area contributed by atoms with Crippen molar-refractivity contribution in [1.82, 2.24) is 5.32 Å². The zero-order valence-electron chi connectivity index (χ0n) is 38.1. The largest absolute Gasteiger partial charge is 0.345 e. The number of nitrogens with zero attached hydrogens (tertiary/aromatic N) is 2. The van der Waals surface area contributed by atoms with Crippen molar-refractivity contribution in [3.8, 4) is 12.3 Å². The molecule has 3 aromatic carbocycles. The second kappa shape index (κ2) is 20.0. The highest BCUT2D eigenvalue weighted by Gasteiger charge is 2.45. The maximum atomic E-state index is 12.3. The SMILES string of the molecule is C#CCNC(=O)CCc1ccc(C2=C(/C=C/C3=[N+](CCCS(=O)(=O)O)c4ccc(S(=O)(=O)O)cc4C3(C)C)CCC/C2=C\C=C2\N(CCCS(=O)(=O)O)c3ccc(S(=O)(=O)O)cc3C2(C)C)cc1. The van der Waals surface area contributed by atoms with E-state index in [1.54, 1.807) is 12.1 Å². The van der Waals surface area contributed by atoms with Crippen molar-refractivity contribution in [2.24, 2.45) is 0 Å². The number of carbonyl (C=O) groups excluding carboxylic acids is 1. The molecule has 2 heterocycles. The highest BCUT2D eigenvalue weighted by molar-refractivity contribution is 7.86. The molecule has 20 heteroatoms. The van der Waals surface area contributed by atoms with Gasteiger partial charge in [-0.1, -0.05) is 56.2 Å². The number of rotatable bonds is 18. The molecule has 2 aliphatic heterocycles. The lowest BCUT2D eigenvalue weighted by atomic mass is 9.79. The van der Waals surface area contributed by atoms with Gasteiger partial charge in [-0.25, -0.2) is 0 Å². The van der Waals surface area contributed by atoms with Crippen LogP contribution in [-0.2, 0) is 62.5 Å². The minimum atomic E-state index is -4.57. The molecule has 1 aliphatic carbocycles. The standard InChI is InChI=1S/C48H55N3O13S4/c1-6-26-49-45(52)25-14-33-12-15-36(16-13-33)46-34(17-23-43-47(2,3)39-31-37(67(59,60)61)19-21-41(39)50(43)27-8-29-65(53,54)55)10-7-11-35(46)18-24-44-48(4,5)40-32-38(68(62,63)64)20-22-42(40)51(44)28-9-30-66(56,57)58/h1,12-13,15-24,31-32H,7-11,14,25-30H2,2-5H3,(H4-,49,52,53,54,55,56,57,58,59,60,61,62,63,64)/p+1. The Balaban J connectivity index is 1.50. The molecule has 0 radical (unpaired) electrons. The quantitative estimate of drug-likeness (QED) is 0.0512.